The van der Waals surface area contributed by atoms with Crippen LogP contribution < -0.4 is 5.32 Å². The molecule has 0 bridgehead atoms. The molecule has 0 radical (unpaired) electrons. The molecule has 23 heavy (non-hydrogen) atoms. The summed E-state index contributed by atoms with van der Waals surface area (Å²) in [4.78, 5) is 16.9. The third-order valence-corrected chi connectivity index (χ3v) is 4.07. The highest BCUT2D eigenvalue weighted by molar-refractivity contribution is 6.36. The predicted molar refractivity (Wildman–Crippen MR) is 94.4 cm³/mol. The van der Waals surface area contributed by atoms with Crippen LogP contribution in [0.2, 0.25) is 20.1 Å². The van der Waals surface area contributed by atoms with E-state index in [2.05, 4.69) is 10.3 Å². The van der Waals surface area contributed by atoms with Gasteiger partial charge in [0.1, 0.15) is 5.69 Å². The summed E-state index contributed by atoms with van der Waals surface area (Å²) in [5, 5.41) is 4.36. The van der Waals surface area contributed by atoms with Gasteiger partial charge in [-0.3, -0.25) is 9.20 Å². The Hall–Kier alpha value is -1.46. The first-order valence-corrected chi connectivity index (χ1v) is 7.97. The van der Waals surface area contributed by atoms with Gasteiger partial charge in [-0.05, 0) is 31.2 Å². The summed E-state index contributed by atoms with van der Waals surface area (Å²) in [5.41, 5.74) is 1.80. The van der Waals surface area contributed by atoms with Crippen LogP contribution in [0.1, 0.15) is 16.2 Å². The van der Waals surface area contributed by atoms with Gasteiger partial charge in [-0.1, -0.05) is 46.4 Å². The van der Waals surface area contributed by atoms with Crippen molar-refractivity contribution in [3.8, 4) is 0 Å². The molecule has 8 heteroatoms. The number of carbonyl (C=O) groups is 1. The number of anilines is 1. The normalized spacial score (nSPS) is 11.0. The third-order valence-electron chi connectivity index (χ3n) is 3.15. The highest BCUT2D eigenvalue weighted by atomic mass is 35.5. The van der Waals surface area contributed by atoms with E-state index >= 15 is 0 Å². The molecule has 0 fully saturated rings. The molecular weight excluding hydrogens is 380 g/mol. The number of aromatic nitrogens is 2. The number of pyridine rings is 1. The number of aryl methyl sites for hydroxylation is 1. The third kappa shape index (κ3) is 3.26. The van der Waals surface area contributed by atoms with Crippen LogP contribution in [0, 0.1) is 6.92 Å². The first-order chi connectivity index (χ1) is 10.8. The lowest BCUT2D eigenvalue weighted by Crippen LogP contribution is -2.15. The molecule has 0 atom stereocenters. The average molecular weight is 389 g/mol. The van der Waals surface area contributed by atoms with Gasteiger partial charge in [0, 0.05) is 21.9 Å². The molecule has 0 spiro atoms. The lowest BCUT2D eigenvalue weighted by Gasteiger charge is -2.07. The van der Waals surface area contributed by atoms with Crippen LogP contribution in [0.3, 0.4) is 0 Å². The highest BCUT2D eigenvalue weighted by Gasteiger charge is 2.19. The molecule has 0 aliphatic heterocycles. The highest BCUT2D eigenvalue weighted by Crippen LogP contribution is 2.26. The fourth-order valence-corrected chi connectivity index (χ4v) is 3.32. The maximum absolute atomic E-state index is 12.6. The quantitative estimate of drug-likeness (QED) is 0.629. The zero-order valence-electron chi connectivity index (χ0n) is 11.7. The van der Waals surface area contributed by atoms with Crippen molar-refractivity contribution in [2.24, 2.45) is 0 Å². The molecule has 118 valence electrons. The summed E-state index contributed by atoms with van der Waals surface area (Å²) < 4.78 is 1.56. The van der Waals surface area contributed by atoms with Gasteiger partial charge in [0.25, 0.3) is 5.91 Å². The first kappa shape index (κ1) is 16.4. The molecule has 0 unspecified atom stereocenters. The molecular formula is C15H9Cl4N3O. The molecule has 0 aliphatic rings. The van der Waals surface area contributed by atoms with Crippen molar-refractivity contribution in [1.29, 1.82) is 0 Å². The number of hydrogen-bond donors (Lipinski definition) is 1. The number of carbonyl (C=O) groups excluding carboxylic acids is 1. The lowest BCUT2D eigenvalue weighted by atomic mass is 10.3. The molecule has 3 rings (SSSR count). The van der Waals surface area contributed by atoms with E-state index in [0.29, 0.717) is 42.8 Å². The largest absolute Gasteiger partial charge is 0.321 e. The number of imidazole rings is 1. The number of rotatable bonds is 2. The first-order valence-electron chi connectivity index (χ1n) is 6.46. The fourth-order valence-electron chi connectivity index (χ4n) is 2.28. The van der Waals surface area contributed by atoms with Gasteiger partial charge in [0.15, 0.2) is 5.65 Å². The predicted octanol–water partition coefficient (Wildman–Crippen LogP) is 5.51. The van der Waals surface area contributed by atoms with E-state index in [1.807, 2.05) is 0 Å². The Bertz CT molecular complexity index is 916. The van der Waals surface area contributed by atoms with Crippen molar-refractivity contribution in [2.75, 3.05) is 5.32 Å². The Morgan fingerprint density at radius 3 is 2.35 bits per heavy atom. The van der Waals surface area contributed by atoms with Gasteiger partial charge in [-0.15, -0.1) is 0 Å². The van der Waals surface area contributed by atoms with E-state index in [4.69, 9.17) is 46.4 Å². The van der Waals surface area contributed by atoms with E-state index in [9.17, 15) is 4.79 Å². The topological polar surface area (TPSA) is 46.4 Å². The minimum atomic E-state index is -0.369. The Balaban J connectivity index is 2.05. The second kappa shape index (κ2) is 6.21. The zero-order chi connectivity index (χ0) is 16.7. The molecule has 1 amide bonds. The van der Waals surface area contributed by atoms with Crippen molar-refractivity contribution in [1.82, 2.24) is 9.38 Å². The second-order valence-corrected chi connectivity index (χ2v) is 6.57. The van der Waals surface area contributed by atoms with E-state index in [1.165, 1.54) is 0 Å². The lowest BCUT2D eigenvalue weighted by molar-refractivity contribution is 0.102. The Morgan fingerprint density at radius 2 is 1.70 bits per heavy atom. The smallest absolute Gasteiger partial charge is 0.274 e. The number of hydrogen-bond acceptors (Lipinski definition) is 2. The van der Waals surface area contributed by atoms with Crippen LogP contribution in [0.4, 0.5) is 5.69 Å². The summed E-state index contributed by atoms with van der Waals surface area (Å²) in [5.74, 6) is -0.369. The zero-order valence-corrected chi connectivity index (χ0v) is 14.7. The molecule has 0 aliphatic carbocycles. The van der Waals surface area contributed by atoms with Crippen molar-refractivity contribution in [2.45, 2.75) is 6.92 Å². The number of benzene rings is 1. The minimum Gasteiger partial charge on any atom is -0.321 e. The number of fused-ring (bicyclic) bond motifs is 1. The maximum atomic E-state index is 12.6. The van der Waals surface area contributed by atoms with E-state index in [-0.39, 0.29) is 5.91 Å². The van der Waals surface area contributed by atoms with Crippen molar-refractivity contribution in [3.05, 3.63) is 61.9 Å². The standard InChI is InChI=1S/C15H9Cl4N3O/c1-7-13(22-6-10(18)5-12(19)14(22)20-7)15(23)21-11-3-8(16)2-9(17)4-11/h2-6H,1H3,(H,21,23). The Morgan fingerprint density at radius 1 is 1.04 bits per heavy atom. The SMILES string of the molecule is Cc1nc2c(Cl)cc(Cl)cn2c1C(=O)Nc1cc(Cl)cc(Cl)c1. The minimum absolute atomic E-state index is 0.334. The van der Waals surface area contributed by atoms with Gasteiger partial charge >= 0.3 is 0 Å². The number of nitrogens with zero attached hydrogens (tertiary/aromatic N) is 2. The second-order valence-electron chi connectivity index (χ2n) is 4.86. The summed E-state index contributed by atoms with van der Waals surface area (Å²) in [6.07, 6.45) is 1.59. The molecule has 4 nitrogen and oxygen atoms in total. The van der Waals surface area contributed by atoms with Gasteiger partial charge in [0.2, 0.25) is 0 Å². The number of halogens is 4. The summed E-state index contributed by atoms with van der Waals surface area (Å²) in [7, 11) is 0. The fraction of sp³-hybridized carbons (Fsp3) is 0.0667. The van der Waals surface area contributed by atoms with E-state index < -0.39 is 0 Å². The molecule has 2 aromatic heterocycles. The van der Waals surface area contributed by atoms with Gasteiger partial charge in [0.05, 0.1) is 15.7 Å². The van der Waals surface area contributed by atoms with Gasteiger partial charge < -0.3 is 5.32 Å². The van der Waals surface area contributed by atoms with Gasteiger partial charge in [-0.25, -0.2) is 4.98 Å². The van der Waals surface area contributed by atoms with E-state index in [1.54, 1.807) is 41.8 Å². The van der Waals surface area contributed by atoms with Crippen LogP contribution in [0.15, 0.2) is 30.5 Å². The molecule has 0 saturated carbocycles. The van der Waals surface area contributed by atoms with E-state index in [0.717, 1.165) is 0 Å². The summed E-state index contributed by atoms with van der Waals surface area (Å²) in [6.45, 7) is 1.72. The Kier molecular flexibility index (Phi) is 4.43. The monoisotopic (exact) mass is 387 g/mol. The van der Waals surface area contributed by atoms with Crippen LogP contribution in [0.25, 0.3) is 5.65 Å². The van der Waals surface area contributed by atoms with Crippen LogP contribution in [-0.4, -0.2) is 15.3 Å². The van der Waals surface area contributed by atoms with Crippen LogP contribution in [-0.2, 0) is 0 Å². The molecule has 3 aromatic rings. The van der Waals surface area contributed by atoms with Crippen LogP contribution >= 0.6 is 46.4 Å². The number of nitrogens with one attached hydrogen (secondary N) is 1. The Labute approximate surface area is 151 Å². The molecule has 2 heterocycles. The van der Waals surface area contributed by atoms with Crippen molar-refractivity contribution >= 4 is 63.6 Å². The number of amides is 1. The summed E-state index contributed by atoms with van der Waals surface area (Å²) >= 11 is 24.0. The summed E-state index contributed by atoms with van der Waals surface area (Å²) in [6, 6.07) is 6.36. The van der Waals surface area contributed by atoms with Crippen molar-refractivity contribution < 1.29 is 4.79 Å². The molecule has 1 aromatic carbocycles. The molecule has 1 N–H and O–H groups in total. The van der Waals surface area contributed by atoms with Gasteiger partial charge in [-0.2, -0.15) is 0 Å². The molecule has 0 saturated heterocycles. The maximum Gasteiger partial charge on any atom is 0.274 e. The van der Waals surface area contributed by atoms with Crippen LogP contribution in [0.5, 0.6) is 0 Å². The van der Waals surface area contributed by atoms with Crippen molar-refractivity contribution in [3.63, 3.8) is 0 Å². The average Bonchev–Trinajstić information content (AvgIpc) is 2.74.